The highest BCUT2D eigenvalue weighted by atomic mass is 19.4. The van der Waals surface area contributed by atoms with E-state index in [9.17, 15) is 22.8 Å². The van der Waals surface area contributed by atoms with Crippen LogP contribution in [-0.2, 0) is 23.7 Å². The van der Waals surface area contributed by atoms with E-state index in [2.05, 4.69) is 0 Å². The number of ketones is 1. The number of nitrogens with one attached hydrogen (secondary N) is 1. The smallest absolute Gasteiger partial charge is 0.407 e. The van der Waals surface area contributed by atoms with Gasteiger partial charge in [0.25, 0.3) is 0 Å². The predicted octanol–water partition coefficient (Wildman–Crippen LogP) is 3.25. The van der Waals surface area contributed by atoms with E-state index in [1.54, 1.807) is 6.92 Å². The molecule has 0 fully saturated rings. The summed E-state index contributed by atoms with van der Waals surface area (Å²) in [5.74, 6) is -1.14. The molecule has 1 amide bonds. The molecule has 10 heteroatoms. The van der Waals surface area contributed by atoms with Gasteiger partial charge in [-0.25, -0.2) is 4.79 Å². The summed E-state index contributed by atoms with van der Waals surface area (Å²) >= 11 is 0. The minimum atomic E-state index is -4.60. The average Bonchev–Trinajstić information content (AvgIpc) is 2.62. The van der Waals surface area contributed by atoms with Crippen molar-refractivity contribution in [2.45, 2.75) is 71.4 Å². The van der Waals surface area contributed by atoms with Gasteiger partial charge in [-0.3, -0.25) is 4.79 Å². The van der Waals surface area contributed by atoms with Crippen LogP contribution in [0.5, 0.6) is 0 Å². The summed E-state index contributed by atoms with van der Waals surface area (Å²) in [6.07, 6.45) is -6.87. The molecular weight excluding hydrogens is 383 g/mol. The summed E-state index contributed by atoms with van der Waals surface area (Å²) in [5, 5.41) is 2.03. The number of amides is 1. The summed E-state index contributed by atoms with van der Waals surface area (Å²) in [6, 6.07) is 0. The van der Waals surface area contributed by atoms with Gasteiger partial charge in [-0.2, -0.15) is 13.2 Å². The van der Waals surface area contributed by atoms with E-state index in [4.69, 9.17) is 18.9 Å². The van der Waals surface area contributed by atoms with Crippen molar-refractivity contribution in [3.8, 4) is 0 Å². The van der Waals surface area contributed by atoms with E-state index < -0.39 is 37.1 Å². The molecular formula is C18H32F3NO6. The van der Waals surface area contributed by atoms with Crippen LogP contribution in [0.15, 0.2) is 0 Å². The lowest BCUT2D eigenvalue weighted by atomic mass is 10.2. The molecule has 0 aliphatic heterocycles. The molecule has 0 bridgehead atoms. The number of Topliss-reactive ketones (excluding diaryl/α,β-unsaturated/α-hetero) is 1. The van der Waals surface area contributed by atoms with Crippen molar-refractivity contribution < 1.29 is 41.7 Å². The van der Waals surface area contributed by atoms with Crippen LogP contribution in [0.1, 0.15) is 47.0 Å². The second kappa shape index (κ2) is 14.6. The number of hydrogen-bond donors (Lipinski definition) is 1. The van der Waals surface area contributed by atoms with Gasteiger partial charge in [0.05, 0.1) is 38.6 Å². The highest BCUT2D eigenvalue weighted by molar-refractivity contribution is 5.84. The molecule has 1 N–H and O–H groups in total. The first-order valence-electron chi connectivity index (χ1n) is 9.45. The van der Waals surface area contributed by atoms with Crippen molar-refractivity contribution >= 4 is 11.9 Å². The topological polar surface area (TPSA) is 83.1 Å². The maximum Gasteiger partial charge on any atom is 0.407 e. The van der Waals surface area contributed by atoms with Gasteiger partial charge in [-0.15, -0.1) is 0 Å². The third kappa shape index (κ3) is 14.6. The van der Waals surface area contributed by atoms with Crippen LogP contribution in [0.3, 0.4) is 0 Å². The van der Waals surface area contributed by atoms with E-state index in [1.807, 2.05) is 26.1 Å². The number of alkyl carbamates (subject to hydrolysis) is 1. The van der Waals surface area contributed by atoms with Crippen LogP contribution in [0.4, 0.5) is 18.0 Å². The third-order valence-corrected chi connectivity index (χ3v) is 3.65. The summed E-state index contributed by atoms with van der Waals surface area (Å²) < 4.78 is 57.9. The molecule has 3 unspecified atom stereocenters. The lowest BCUT2D eigenvalue weighted by Crippen LogP contribution is -2.36. The Kier molecular flexibility index (Phi) is 13.9. The van der Waals surface area contributed by atoms with Crippen LogP contribution in [0.2, 0.25) is 0 Å². The summed E-state index contributed by atoms with van der Waals surface area (Å²) in [5.41, 5.74) is 0. The summed E-state index contributed by atoms with van der Waals surface area (Å²) in [4.78, 5) is 22.8. The maximum absolute atomic E-state index is 12.1. The van der Waals surface area contributed by atoms with Gasteiger partial charge in [-0.1, -0.05) is 13.8 Å². The van der Waals surface area contributed by atoms with E-state index in [1.165, 1.54) is 0 Å². The fraction of sp³-hybridized carbons (Fsp3) is 0.889. The van der Waals surface area contributed by atoms with Crippen molar-refractivity contribution in [2.75, 3.05) is 33.0 Å². The Labute approximate surface area is 164 Å². The minimum absolute atomic E-state index is 0.0733. The van der Waals surface area contributed by atoms with Gasteiger partial charge in [0.2, 0.25) is 0 Å². The zero-order chi connectivity index (χ0) is 21.6. The Morgan fingerprint density at radius 2 is 1.57 bits per heavy atom. The predicted molar refractivity (Wildman–Crippen MR) is 96.2 cm³/mol. The number of carbonyl (C=O) groups excluding carboxylic acids is 2. The Bertz CT molecular complexity index is 448. The second-order valence-electron chi connectivity index (χ2n) is 6.29. The summed E-state index contributed by atoms with van der Waals surface area (Å²) in [6.45, 7) is 8.34. The van der Waals surface area contributed by atoms with Crippen LogP contribution >= 0.6 is 0 Å². The van der Waals surface area contributed by atoms with E-state index in [-0.39, 0.29) is 18.8 Å². The molecule has 0 aliphatic carbocycles. The first-order chi connectivity index (χ1) is 13.1. The fourth-order valence-electron chi connectivity index (χ4n) is 2.02. The molecule has 0 saturated carbocycles. The SMILES string of the molecule is CCOCC(C)OCC(CC)OCC(CC)OC(=O)NCC(=O)CC(F)(F)F. The standard InChI is InChI=1S/C18H32F3NO6/c1-5-15(11-26-13(4)10-25-7-3)27-12-16(6-2)28-17(24)22-9-14(23)8-18(19,20)21/h13,15-16H,5-12H2,1-4H3,(H,22,24). The number of hydrogen-bond acceptors (Lipinski definition) is 6. The molecule has 0 heterocycles. The zero-order valence-electron chi connectivity index (χ0n) is 17.0. The van der Waals surface area contributed by atoms with Gasteiger partial charge >= 0.3 is 12.3 Å². The maximum atomic E-state index is 12.1. The zero-order valence-corrected chi connectivity index (χ0v) is 17.0. The van der Waals surface area contributed by atoms with Gasteiger partial charge < -0.3 is 24.3 Å². The fourth-order valence-corrected chi connectivity index (χ4v) is 2.02. The first kappa shape index (κ1) is 26.6. The second-order valence-corrected chi connectivity index (χ2v) is 6.29. The van der Waals surface area contributed by atoms with Crippen molar-refractivity contribution in [1.82, 2.24) is 5.32 Å². The van der Waals surface area contributed by atoms with Crippen molar-refractivity contribution in [3.63, 3.8) is 0 Å². The number of carbonyl (C=O) groups is 2. The number of halogens is 3. The molecule has 0 rings (SSSR count). The molecule has 166 valence electrons. The molecule has 0 aromatic heterocycles. The number of alkyl halides is 3. The largest absolute Gasteiger partial charge is 0.444 e. The van der Waals surface area contributed by atoms with E-state index >= 15 is 0 Å². The molecule has 28 heavy (non-hydrogen) atoms. The molecule has 0 saturated heterocycles. The molecule has 0 spiro atoms. The van der Waals surface area contributed by atoms with E-state index in [0.717, 1.165) is 0 Å². The minimum Gasteiger partial charge on any atom is -0.444 e. The first-order valence-corrected chi connectivity index (χ1v) is 9.45. The highest BCUT2D eigenvalue weighted by Gasteiger charge is 2.31. The van der Waals surface area contributed by atoms with Crippen molar-refractivity contribution in [2.24, 2.45) is 0 Å². The molecule has 3 atom stereocenters. The van der Waals surface area contributed by atoms with Gasteiger partial charge in [0, 0.05) is 6.61 Å². The van der Waals surface area contributed by atoms with Crippen molar-refractivity contribution in [1.29, 1.82) is 0 Å². The van der Waals surface area contributed by atoms with Crippen molar-refractivity contribution in [3.05, 3.63) is 0 Å². The van der Waals surface area contributed by atoms with Gasteiger partial charge in [0.15, 0.2) is 5.78 Å². The van der Waals surface area contributed by atoms with Gasteiger partial charge in [0.1, 0.15) is 12.5 Å². The molecule has 0 aromatic rings. The van der Waals surface area contributed by atoms with Crippen LogP contribution < -0.4 is 5.32 Å². The lowest BCUT2D eigenvalue weighted by molar-refractivity contribution is -0.151. The molecule has 0 aliphatic rings. The average molecular weight is 415 g/mol. The Hall–Kier alpha value is -1.39. The lowest BCUT2D eigenvalue weighted by Gasteiger charge is -2.22. The Morgan fingerprint density at radius 1 is 0.964 bits per heavy atom. The monoisotopic (exact) mass is 415 g/mol. The summed E-state index contributed by atoms with van der Waals surface area (Å²) in [7, 11) is 0. The van der Waals surface area contributed by atoms with Crippen LogP contribution in [0, 0.1) is 0 Å². The molecule has 0 aromatic carbocycles. The number of rotatable bonds is 15. The normalized spacial score (nSPS) is 15.0. The Morgan fingerprint density at radius 3 is 2.11 bits per heavy atom. The van der Waals surface area contributed by atoms with E-state index in [0.29, 0.717) is 32.7 Å². The number of ether oxygens (including phenoxy) is 4. The quantitative estimate of drug-likeness (QED) is 0.442. The molecule has 7 nitrogen and oxygen atoms in total. The third-order valence-electron chi connectivity index (χ3n) is 3.65. The Balaban J connectivity index is 4.19. The van der Waals surface area contributed by atoms with Crippen LogP contribution in [-0.4, -0.2) is 69.3 Å². The highest BCUT2D eigenvalue weighted by Crippen LogP contribution is 2.19. The van der Waals surface area contributed by atoms with Gasteiger partial charge in [-0.05, 0) is 26.7 Å². The molecule has 0 radical (unpaired) electrons. The van der Waals surface area contributed by atoms with Crippen LogP contribution in [0.25, 0.3) is 0 Å².